The van der Waals surface area contributed by atoms with E-state index in [1.165, 1.54) is 11.3 Å². The molecule has 1 aromatic heterocycles. The third-order valence-corrected chi connectivity index (χ3v) is 5.64. The number of fused-ring (bicyclic) bond motifs is 1. The van der Waals surface area contributed by atoms with Gasteiger partial charge in [0.25, 0.3) is 10.2 Å². The van der Waals surface area contributed by atoms with Gasteiger partial charge in [-0.3, -0.25) is 4.90 Å². The molecule has 2 aliphatic heterocycles. The Bertz CT molecular complexity index is 696. The van der Waals surface area contributed by atoms with Gasteiger partial charge in [0, 0.05) is 24.4 Å². The average Bonchev–Trinajstić information content (AvgIpc) is 2.96. The van der Waals surface area contributed by atoms with Crippen LogP contribution in [0.1, 0.15) is 10.6 Å². The summed E-state index contributed by atoms with van der Waals surface area (Å²) in [5, 5.41) is 3.49. The molecule has 3 heterocycles. The summed E-state index contributed by atoms with van der Waals surface area (Å²) in [6.07, 6.45) is -0.00560. The van der Waals surface area contributed by atoms with Gasteiger partial charge in [0.1, 0.15) is 12.3 Å². The summed E-state index contributed by atoms with van der Waals surface area (Å²) in [4.78, 5) is 11.5. The number of nitrogens with two attached hydrogens (primary N) is 2. The molecular formula is C10H18N8O2S2. The first-order chi connectivity index (χ1) is 10.4. The first-order valence-electron chi connectivity index (χ1n) is 6.67. The molecular weight excluding hydrogens is 328 g/mol. The van der Waals surface area contributed by atoms with E-state index in [0.29, 0.717) is 18.2 Å². The van der Waals surface area contributed by atoms with E-state index in [-0.39, 0.29) is 18.3 Å². The van der Waals surface area contributed by atoms with Crippen LogP contribution in [-0.2, 0) is 23.2 Å². The summed E-state index contributed by atoms with van der Waals surface area (Å²) in [6, 6.07) is 0. The number of aliphatic imine (C=N–C) groups is 1. The van der Waals surface area contributed by atoms with E-state index < -0.39 is 10.2 Å². The van der Waals surface area contributed by atoms with Crippen molar-refractivity contribution in [1.82, 2.24) is 24.6 Å². The summed E-state index contributed by atoms with van der Waals surface area (Å²) in [5.74, 6) is -0.0223. The third-order valence-electron chi connectivity index (χ3n) is 3.55. The summed E-state index contributed by atoms with van der Waals surface area (Å²) >= 11 is 1.42. The molecule has 0 spiro atoms. The zero-order valence-electron chi connectivity index (χ0n) is 11.9. The first-order valence-corrected chi connectivity index (χ1v) is 8.97. The maximum Gasteiger partial charge on any atom is 0.279 e. The topological polar surface area (TPSA) is 151 Å². The molecule has 0 aliphatic carbocycles. The number of nitrogens with one attached hydrogen (secondary N) is 3. The van der Waals surface area contributed by atoms with Crippen LogP contribution in [0.15, 0.2) is 4.99 Å². The van der Waals surface area contributed by atoms with Crippen molar-refractivity contribution in [1.29, 1.82) is 0 Å². The third kappa shape index (κ3) is 3.06. The fourth-order valence-electron chi connectivity index (χ4n) is 2.59. The number of guanidine groups is 1. The standard InChI is InChI=1S/C10H18N8O2S2/c1-13-7-8(17-22(19,20)16-7)18-3-2-5-6(4-18)21-10(14-5)15-9(11)12/h7-8,13,16-17H,2-4H2,1H3,(H4,11,12,14,15). The lowest BCUT2D eigenvalue weighted by Crippen LogP contribution is -2.54. The van der Waals surface area contributed by atoms with Crippen molar-refractivity contribution < 1.29 is 8.42 Å². The highest BCUT2D eigenvalue weighted by Gasteiger charge is 2.40. The number of hydrogen-bond donors (Lipinski definition) is 5. The largest absolute Gasteiger partial charge is 0.370 e. The van der Waals surface area contributed by atoms with E-state index in [1.54, 1.807) is 7.05 Å². The Morgan fingerprint density at radius 3 is 2.95 bits per heavy atom. The Balaban J connectivity index is 1.79. The second-order valence-corrected chi connectivity index (χ2v) is 7.61. The number of thiazole rings is 1. The number of rotatable bonds is 3. The molecule has 0 radical (unpaired) electrons. The Morgan fingerprint density at radius 2 is 2.27 bits per heavy atom. The lowest BCUT2D eigenvalue weighted by molar-refractivity contribution is 0.143. The molecule has 2 aliphatic rings. The zero-order valence-corrected chi connectivity index (χ0v) is 13.5. The van der Waals surface area contributed by atoms with Crippen LogP contribution in [0.4, 0.5) is 5.13 Å². The maximum atomic E-state index is 11.7. The first kappa shape index (κ1) is 15.6. The van der Waals surface area contributed by atoms with Crippen molar-refractivity contribution in [2.45, 2.75) is 25.3 Å². The number of aromatic nitrogens is 1. The molecule has 0 aromatic carbocycles. The van der Waals surface area contributed by atoms with E-state index in [9.17, 15) is 8.42 Å². The summed E-state index contributed by atoms with van der Waals surface area (Å²) in [7, 11) is -1.75. The fraction of sp³-hybridized carbons (Fsp3) is 0.600. The van der Waals surface area contributed by atoms with Crippen LogP contribution in [-0.4, -0.2) is 50.2 Å². The van der Waals surface area contributed by atoms with Crippen molar-refractivity contribution in [3.8, 4) is 0 Å². The van der Waals surface area contributed by atoms with Gasteiger partial charge >= 0.3 is 0 Å². The summed E-state index contributed by atoms with van der Waals surface area (Å²) < 4.78 is 28.5. The van der Waals surface area contributed by atoms with Crippen LogP contribution in [0.2, 0.25) is 0 Å². The number of likely N-dealkylation sites (N-methyl/N-ethyl adjacent to an activating group) is 1. The Hall–Kier alpha value is -1.31. The highest BCUT2D eigenvalue weighted by atomic mass is 32.2. The number of nitrogens with zero attached hydrogens (tertiary/aromatic N) is 3. The summed E-state index contributed by atoms with van der Waals surface area (Å²) in [6.45, 7) is 1.30. The van der Waals surface area contributed by atoms with Gasteiger partial charge in [-0.05, 0) is 7.05 Å². The van der Waals surface area contributed by atoms with Crippen LogP contribution in [0, 0.1) is 0 Å². The molecule has 2 atom stereocenters. The second-order valence-electron chi connectivity index (χ2n) is 5.07. The van der Waals surface area contributed by atoms with Gasteiger partial charge in [0.05, 0.1) is 5.69 Å². The molecule has 2 unspecified atom stereocenters. The highest BCUT2D eigenvalue weighted by Crippen LogP contribution is 2.31. The molecule has 1 saturated heterocycles. The van der Waals surface area contributed by atoms with Crippen LogP contribution in [0.25, 0.3) is 0 Å². The summed E-state index contributed by atoms with van der Waals surface area (Å²) in [5.41, 5.74) is 11.7. The Kier molecular flexibility index (Phi) is 4.05. The van der Waals surface area contributed by atoms with E-state index in [1.807, 2.05) is 0 Å². The van der Waals surface area contributed by atoms with E-state index >= 15 is 0 Å². The lowest BCUT2D eigenvalue weighted by Gasteiger charge is -2.33. The molecule has 1 fully saturated rings. The van der Waals surface area contributed by atoms with Crippen molar-refractivity contribution in [2.24, 2.45) is 16.5 Å². The molecule has 3 rings (SSSR count). The van der Waals surface area contributed by atoms with E-state index in [0.717, 1.165) is 17.0 Å². The minimum Gasteiger partial charge on any atom is -0.370 e. The van der Waals surface area contributed by atoms with Crippen molar-refractivity contribution in [3.63, 3.8) is 0 Å². The van der Waals surface area contributed by atoms with Gasteiger partial charge in [-0.2, -0.15) is 22.9 Å². The zero-order chi connectivity index (χ0) is 15.9. The average molecular weight is 346 g/mol. The highest BCUT2D eigenvalue weighted by molar-refractivity contribution is 7.87. The molecule has 0 saturated carbocycles. The lowest BCUT2D eigenvalue weighted by atomic mass is 10.1. The van der Waals surface area contributed by atoms with Crippen molar-refractivity contribution >= 4 is 32.6 Å². The minimum absolute atomic E-state index is 0.0223. The Morgan fingerprint density at radius 1 is 1.50 bits per heavy atom. The Labute approximate surface area is 132 Å². The number of hydrogen-bond acceptors (Lipinski definition) is 7. The van der Waals surface area contributed by atoms with Crippen molar-refractivity contribution in [3.05, 3.63) is 10.6 Å². The molecule has 7 N–H and O–H groups in total. The van der Waals surface area contributed by atoms with E-state index in [2.05, 4.69) is 29.6 Å². The monoisotopic (exact) mass is 346 g/mol. The molecule has 12 heteroatoms. The van der Waals surface area contributed by atoms with Gasteiger partial charge in [-0.15, -0.1) is 0 Å². The van der Waals surface area contributed by atoms with Gasteiger partial charge in [0.15, 0.2) is 5.96 Å². The van der Waals surface area contributed by atoms with Gasteiger partial charge in [0.2, 0.25) is 5.13 Å². The maximum absolute atomic E-state index is 11.7. The molecule has 22 heavy (non-hydrogen) atoms. The van der Waals surface area contributed by atoms with Crippen molar-refractivity contribution in [2.75, 3.05) is 13.6 Å². The van der Waals surface area contributed by atoms with E-state index in [4.69, 9.17) is 11.5 Å². The van der Waals surface area contributed by atoms with Crippen LogP contribution in [0.5, 0.6) is 0 Å². The fourth-order valence-corrected chi connectivity index (χ4v) is 4.87. The predicted molar refractivity (Wildman–Crippen MR) is 83.5 cm³/mol. The molecule has 122 valence electrons. The van der Waals surface area contributed by atoms with Gasteiger partial charge < -0.3 is 16.8 Å². The minimum atomic E-state index is -3.47. The van der Waals surface area contributed by atoms with Crippen LogP contribution < -0.4 is 26.2 Å². The van der Waals surface area contributed by atoms with Crippen LogP contribution >= 0.6 is 11.3 Å². The van der Waals surface area contributed by atoms with Gasteiger partial charge in [-0.25, -0.2) is 4.98 Å². The normalized spacial score (nSPS) is 27.5. The predicted octanol–water partition coefficient (Wildman–Crippen LogP) is -2.28. The molecule has 10 nitrogen and oxygen atoms in total. The van der Waals surface area contributed by atoms with Gasteiger partial charge in [-0.1, -0.05) is 11.3 Å². The smallest absolute Gasteiger partial charge is 0.279 e. The van der Waals surface area contributed by atoms with Crippen LogP contribution in [0.3, 0.4) is 0 Å². The molecule has 0 bridgehead atoms. The molecule has 0 amide bonds. The quantitative estimate of drug-likeness (QED) is 0.305. The molecule has 1 aromatic rings. The SMILES string of the molecule is CNC1NS(=O)(=O)NC1N1CCc2nc(N=C(N)N)sc2C1. The second kappa shape index (κ2) is 5.72.